The van der Waals surface area contributed by atoms with Gasteiger partial charge in [-0.1, -0.05) is 52.0 Å². The quantitative estimate of drug-likeness (QED) is 0.758. The minimum absolute atomic E-state index is 0.245. The van der Waals surface area contributed by atoms with Crippen LogP contribution in [0.1, 0.15) is 45.2 Å². The highest BCUT2D eigenvalue weighted by molar-refractivity contribution is 5.27. The van der Waals surface area contributed by atoms with E-state index in [9.17, 15) is 0 Å². The van der Waals surface area contributed by atoms with E-state index in [0.29, 0.717) is 0 Å². The highest BCUT2D eigenvalue weighted by Crippen LogP contribution is 2.22. The number of nitrogens with zero attached hydrogens (tertiary/aromatic N) is 1. The van der Waals surface area contributed by atoms with E-state index in [1.807, 2.05) is 0 Å². The number of likely N-dealkylation sites (N-methyl/N-ethyl adjacent to an activating group) is 1. The summed E-state index contributed by atoms with van der Waals surface area (Å²) in [5.41, 5.74) is 3.05. The zero-order valence-electron chi connectivity index (χ0n) is 13.3. The Bertz CT molecular complexity index is 349. The first kappa shape index (κ1) is 16.2. The minimum atomic E-state index is 0.245. The van der Waals surface area contributed by atoms with Crippen LogP contribution < -0.4 is 5.32 Å². The molecule has 19 heavy (non-hydrogen) atoms. The molecule has 0 saturated carbocycles. The van der Waals surface area contributed by atoms with Gasteiger partial charge < -0.3 is 10.2 Å². The number of nitrogens with one attached hydrogen (secondary N) is 1. The number of hydrogen-bond acceptors (Lipinski definition) is 2. The van der Waals surface area contributed by atoms with Crippen molar-refractivity contribution in [3.8, 4) is 0 Å². The fraction of sp³-hybridized carbons (Fsp3) is 0.647. The molecule has 0 heterocycles. The van der Waals surface area contributed by atoms with Gasteiger partial charge in [0.05, 0.1) is 0 Å². The van der Waals surface area contributed by atoms with Crippen LogP contribution in [0.2, 0.25) is 0 Å². The van der Waals surface area contributed by atoms with E-state index in [2.05, 4.69) is 69.2 Å². The maximum absolute atomic E-state index is 3.44. The summed E-state index contributed by atoms with van der Waals surface area (Å²) in [6.07, 6.45) is 1.21. The fourth-order valence-electron chi connectivity index (χ4n) is 2.07. The molecule has 108 valence electrons. The molecule has 1 aromatic carbocycles. The lowest BCUT2D eigenvalue weighted by Crippen LogP contribution is -2.29. The number of benzene rings is 1. The highest BCUT2D eigenvalue weighted by atomic mass is 15.1. The van der Waals surface area contributed by atoms with Crippen LogP contribution in [0, 0.1) is 0 Å². The molecule has 0 aliphatic heterocycles. The van der Waals surface area contributed by atoms with Crippen molar-refractivity contribution in [3.63, 3.8) is 0 Å². The van der Waals surface area contributed by atoms with E-state index in [0.717, 1.165) is 26.2 Å². The number of rotatable bonds is 7. The maximum Gasteiger partial charge on any atom is 0.0231 e. The van der Waals surface area contributed by atoms with E-state index in [4.69, 9.17) is 0 Å². The first-order chi connectivity index (χ1) is 8.93. The summed E-state index contributed by atoms with van der Waals surface area (Å²) in [5, 5.41) is 3.44. The van der Waals surface area contributed by atoms with E-state index in [-0.39, 0.29) is 5.41 Å². The molecule has 0 aliphatic rings. The second-order valence-corrected chi connectivity index (χ2v) is 6.43. The van der Waals surface area contributed by atoms with Crippen molar-refractivity contribution in [2.45, 2.75) is 46.1 Å². The zero-order valence-corrected chi connectivity index (χ0v) is 13.3. The lowest BCUT2D eigenvalue weighted by Gasteiger charge is -2.20. The monoisotopic (exact) mass is 262 g/mol. The summed E-state index contributed by atoms with van der Waals surface area (Å²) in [6.45, 7) is 13.3. The summed E-state index contributed by atoms with van der Waals surface area (Å²) in [5.74, 6) is 0. The Hall–Kier alpha value is -0.860. The fourth-order valence-corrected chi connectivity index (χ4v) is 2.07. The molecule has 0 bridgehead atoms. The Morgan fingerprint density at radius 2 is 1.68 bits per heavy atom. The van der Waals surface area contributed by atoms with E-state index in [1.165, 1.54) is 17.5 Å². The van der Waals surface area contributed by atoms with Crippen LogP contribution in [0.5, 0.6) is 0 Å². The second kappa shape index (κ2) is 7.66. The van der Waals surface area contributed by atoms with E-state index in [1.54, 1.807) is 0 Å². The Kier molecular flexibility index (Phi) is 6.53. The van der Waals surface area contributed by atoms with Gasteiger partial charge in [-0.25, -0.2) is 0 Å². The third-order valence-electron chi connectivity index (χ3n) is 3.37. The molecular formula is C17H30N2. The Labute approximate surface area is 119 Å². The molecule has 0 aromatic heterocycles. The molecule has 2 nitrogen and oxygen atoms in total. The van der Waals surface area contributed by atoms with Gasteiger partial charge in [-0.2, -0.15) is 0 Å². The van der Waals surface area contributed by atoms with Crippen molar-refractivity contribution in [3.05, 3.63) is 35.4 Å². The summed E-state index contributed by atoms with van der Waals surface area (Å²) in [7, 11) is 2.19. The van der Waals surface area contributed by atoms with Gasteiger partial charge in [-0.3, -0.25) is 0 Å². The third kappa shape index (κ3) is 6.22. The van der Waals surface area contributed by atoms with Gasteiger partial charge in [0.2, 0.25) is 0 Å². The largest absolute Gasteiger partial charge is 0.315 e. The standard InChI is InChI=1S/C17H30N2/c1-6-11-18-12-13-19(5)14-15-7-9-16(10-8-15)17(2,3)4/h7-10,18H,6,11-14H2,1-5H3. The van der Waals surface area contributed by atoms with Crippen molar-refractivity contribution in [1.29, 1.82) is 0 Å². The molecule has 0 amide bonds. The molecule has 0 aliphatic carbocycles. The molecule has 0 spiro atoms. The van der Waals surface area contributed by atoms with Gasteiger partial charge in [0.25, 0.3) is 0 Å². The van der Waals surface area contributed by atoms with E-state index >= 15 is 0 Å². The lowest BCUT2D eigenvalue weighted by molar-refractivity contribution is 0.324. The molecule has 2 heteroatoms. The molecule has 1 aromatic rings. The first-order valence-corrected chi connectivity index (χ1v) is 7.42. The van der Waals surface area contributed by atoms with Crippen molar-refractivity contribution in [1.82, 2.24) is 10.2 Å². The van der Waals surface area contributed by atoms with Crippen LogP contribution >= 0.6 is 0 Å². The van der Waals surface area contributed by atoms with Gasteiger partial charge in [0.15, 0.2) is 0 Å². The second-order valence-electron chi connectivity index (χ2n) is 6.43. The van der Waals surface area contributed by atoms with Crippen molar-refractivity contribution >= 4 is 0 Å². The average Bonchev–Trinajstić information content (AvgIpc) is 2.34. The van der Waals surface area contributed by atoms with Crippen LogP contribution in [-0.2, 0) is 12.0 Å². The first-order valence-electron chi connectivity index (χ1n) is 7.42. The van der Waals surface area contributed by atoms with Gasteiger partial charge in [0, 0.05) is 19.6 Å². The smallest absolute Gasteiger partial charge is 0.0231 e. The minimum Gasteiger partial charge on any atom is -0.315 e. The highest BCUT2D eigenvalue weighted by Gasteiger charge is 2.12. The molecule has 0 radical (unpaired) electrons. The summed E-state index contributed by atoms with van der Waals surface area (Å²) >= 11 is 0. The predicted molar refractivity (Wildman–Crippen MR) is 84.6 cm³/mol. The van der Waals surface area contributed by atoms with Crippen LogP contribution in [0.15, 0.2) is 24.3 Å². The van der Waals surface area contributed by atoms with Crippen molar-refractivity contribution in [2.24, 2.45) is 0 Å². The van der Waals surface area contributed by atoms with E-state index < -0.39 is 0 Å². The lowest BCUT2D eigenvalue weighted by atomic mass is 9.87. The van der Waals surface area contributed by atoms with Crippen LogP contribution in [0.25, 0.3) is 0 Å². The van der Waals surface area contributed by atoms with Crippen LogP contribution in [-0.4, -0.2) is 31.6 Å². The normalized spacial score (nSPS) is 12.1. The predicted octanol–water partition coefficient (Wildman–Crippen LogP) is 3.42. The molecule has 1 rings (SSSR count). The SMILES string of the molecule is CCCNCCN(C)Cc1ccc(C(C)(C)C)cc1. The summed E-state index contributed by atoms with van der Waals surface area (Å²) in [6, 6.07) is 9.05. The molecular weight excluding hydrogens is 232 g/mol. The molecule has 0 atom stereocenters. The average molecular weight is 262 g/mol. The number of hydrogen-bond donors (Lipinski definition) is 1. The summed E-state index contributed by atoms with van der Waals surface area (Å²) in [4.78, 5) is 2.37. The van der Waals surface area contributed by atoms with Crippen molar-refractivity contribution in [2.75, 3.05) is 26.7 Å². The Morgan fingerprint density at radius 3 is 2.21 bits per heavy atom. The van der Waals surface area contributed by atoms with Crippen LogP contribution in [0.4, 0.5) is 0 Å². The molecule has 1 N–H and O–H groups in total. The summed E-state index contributed by atoms with van der Waals surface area (Å²) < 4.78 is 0. The third-order valence-corrected chi connectivity index (χ3v) is 3.37. The van der Waals surface area contributed by atoms with Gasteiger partial charge >= 0.3 is 0 Å². The van der Waals surface area contributed by atoms with Crippen LogP contribution in [0.3, 0.4) is 0 Å². The zero-order chi connectivity index (χ0) is 14.3. The maximum atomic E-state index is 3.44. The molecule has 0 fully saturated rings. The van der Waals surface area contributed by atoms with Gasteiger partial charge in [-0.15, -0.1) is 0 Å². The van der Waals surface area contributed by atoms with Gasteiger partial charge in [0.1, 0.15) is 0 Å². The Balaban J connectivity index is 2.40. The molecule has 0 saturated heterocycles. The molecule has 0 unspecified atom stereocenters. The Morgan fingerprint density at radius 1 is 1.05 bits per heavy atom. The van der Waals surface area contributed by atoms with Crippen molar-refractivity contribution < 1.29 is 0 Å². The topological polar surface area (TPSA) is 15.3 Å². The van der Waals surface area contributed by atoms with Gasteiger partial charge in [-0.05, 0) is 36.6 Å².